The Hall–Kier alpha value is -2.95. The van der Waals surface area contributed by atoms with Crippen LogP contribution >= 0.6 is 0 Å². The second kappa shape index (κ2) is 4.53. The summed E-state index contributed by atoms with van der Waals surface area (Å²) in [4.78, 5) is 17.2. The summed E-state index contributed by atoms with van der Waals surface area (Å²) in [6, 6.07) is 13.5. The van der Waals surface area contributed by atoms with Crippen LogP contribution in [0.2, 0.25) is 0 Å². The number of hydrogen-bond acceptors (Lipinski definition) is 2. The monoisotopic (exact) mass is 293 g/mol. The molecular weight excluding hydrogens is 281 g/mol. The van der Waals surface area contributed by atoms with Crippen molar-refractivity contribution in [2.45, 2.75) is 6.92 Å². The van der Waals surface area contributed by atoms with Crippen LogP contribution in [0.25, 0.3) is 27.6 Å². The molecule has 0 unspecified atom stereocenters. The molecule has 0 saturated carbocycles. The van der Waals surface area contributed by atoms with E-state index in [2.05, 4.69) is 10.1 Å². The minimum absolute atomic E-state index is 0.183. The molecule has 0 radical (unpaired) electrons. The van der Waals surface area contributed by atoms with Crippen LogP contribution in [0.15, 0.2) is 53.3 Å². The number of nitrogens with zero attached hydrogens (tertiary/aromatic N) is 2. The maximum Gasteiger partial charge on any atom is 0.281 e. The first-order valence-corrected chi connectivity index (χ1v) is 6.91. The van der Waals surface area contributed by atoms with Gasteiger partial charge >= 0.3 is 0 Å². The molecule has 0 amide bonds. The Morgan fingerprint density at radius 3 is 2.59 bits per heavy atom. The fourth-order valence-corrected chi connectivity index (χ4v) is 2.76. The Labute approximate surface area is 124 Å². The van der Waals surface area contributed by atoms with Crippen molar-refractivity contribution >= 4 is 21.9 Å². The van der Waals surface area contributed by atoms with Gasteiger partial charge in [-0.15, -0.1) is 0 Å². The SMILES string of the molecule is Cc1c2ccccc2nc2[nH]n(-c3ccc(F)cc3)c(=O)c12. The van der Waals surface area contributed by atoms with E-state index in [4.69, 9.17) is 0 Å². The number of aromatic nitrogens is 3. The number of fused-ring (bicyclic) bond motifs is 2. The quantitative estimate of drug-likeness (QED) is 0.585. The van der Waals surface area contributed by atoms with E-state index in [1.165, 1.54) is 16.8 Å². The summed E-state index contributed by atoms with van der Waals surface area (Å²) in [5, 5.41) is 4.52. The number of nitrogens with one attached hydrogen (secondary N) is 1. The van der Waals surface area contributed by atoms with Gasteiger partial charge in [-0.1, -0.05) is 18.2 Å². The summed E-state index contributed by atoms with van der Waals surface area (Å²) >= 11 is 0. The predicted molar refractivity (Wildman–Crippen MR) is 83.9 cm³/mol. The van der Waals surface area contributed by atoms with E-state index in [0.717, 1.165) is 16.5 Å². The Morgan fingerprint density at radius 1 is 1.09 bits per heavy atom. The van der Waals surface area contributed by atoms with E-state index < -0.39 is 0 Å². The second-order valence-electron chi connectivity index (χ2n) is 5.21. The summed E-state index contributed by atoms with van der Waals surface area (Å²) in [5.74, 6) is -0.340. The Morgan fingerprint density at radius 2 is 1.82 bits per heavy atom. The van der Waals surface area contributed by atoms with E-state index in [9.17, 15) is 9.18 Å². The van der Waals surface area contributed by atoms with Gasteiger partial charge in [-0.05, 0) is 42.8 Å². The fraction of sp³-hybridized carbons (Fsp3) is 0.0588. The molecule has 2 aromatic carbocycles. The molecule has 108 valence electrons. The highest BCUT2D eigenvalue weighted by molar-refractivity contribution is 5.95. The lowest BCUT2D eigenvalue weighted by molar-refractivity contribution is 0.627. The standard InChI is InChI=1S/C17H12FN3O/c1-10-13-4-2-3-5-14(13)19-16-15(10)17(22)21(20-16)12-8-6-11(18)7-9-12/h2-9H,1H3,(H,19,20). The predicted octanol–water partition coefficient (Wildman–Crippen LogP) is 3.31. The minimum Gasteiger partial charge on any atom is -0.274 e. The molecule has 0 atom stereocenters. The zero-order chi connectivity index (χ0) is 15.3. The fourth-order valence-electron chi connectivity index (χ4n) is 2.76. The van der Waals surface area contributed by atoms with Gasteiger partial charge in [0.05, 0.1) is 16.6 Å². The number of hydrogen-bond donors (Lipinski definition) is 1. The van der Waals surface area contributed by atoms with E-state index in [1.807, 2.05) is 31.2 Å². The molecule has 0 aliphatic rings. The van der Waals surface area contributed by atoms with Crippen molar-refractivity contribution in [2.24, 2.45) is 0 Å². The van der Waals surface area contributed by atoms with Gasteiger partial charge in [-0.3, -0.25) is 9.89 Å². The molecule has 5 heteroatoms. The molecule has 0 spiro atoms. The number of pyridine rings is 1. The second-order valence-corrected chi connectivity index (χ2v) is 5.21. The Balaban J connectivity index is 2.08. The molecule has 0 aliphatic heterocycles. The van der Waals surface area contributed by atoms with Crippen LogP contribution in [-0.4, -0.2) is 14.8 Å². The Bertz CT molecular complexity index is 1060. The van der Waals surface area contributed by atoms with Crippen LogP contribution in [0.4, 0.5) is 4.39 Å². The summed E-state index contributed by atoms with van der Waals surface area (Å²) < 4.78 is 14.4. The molecule has 0 saturated heterocycles. The topological polar surface area (TPSA) is 50.7 Å². The number of rotatable bonds is 1. The zero-order valence-electron chi connectivity index (χ0n) is 11.8. The summed E-state index contributed by atoms with van der Waals surface area (Å²) in [6.07, 6.45) is 0. The highest BCUT2D eigenvalue weighted by Gasteiger charge is 2.14. The first kappa shape index (κ1) is 12.8. The number of H-pyrrole nitrogens is 1. The number of para-hydroxylation sites is 1. The van der Waals surface area contributed by atoms with E-state index in [0.29, 0.717) is 16.7 Å². The van der Waals surface area contributed by atoms with Crippen molar-refractivity contribution in [3.05, 3.63) is 70.3 Å². The molecule has 2 heterocycles. The average molecular weight is 293 g/mol. The lowest BCUT2D eigenvalue weighted by Crippen LogP contribution is -2.14. The summed E-state index contributed by atoms with van der Waals surface area (Å²) in [7, 11) is 0. The van der Waals surface area contributed by atoms with Crippen LogP contribution in [0.3, 0.4) is 0 Å². The van der Waals surface area contributed by atoms with Crippen LogP contribution < -0.4 is 5.56 Å². The molecular formula is C17H12FN3O. The van der Waals surface area contributed by atoms with Gasteiger partial charge in [-0.2, -0.15) is 0 Å². The first-order chi connectivity index (χ1) is 10.6. The molecule has 1 N–H and O–H groups in total. The van der Waals surface area contributed by atoms with Crippen molar-refractivity contribution in [3.8, 4) is 5.69 Å². The van der Waals surface area contributed by atoms with Crippen LogP contribution in [0.1, 0.15) is 5.56 Å². The van der Waals surface area contributed by atoms with Gasteiger partial charge in [0.25, 0.3) is 5.56 Å². The first-order valence-electron chi connectivity index (χ1n) is 6.91. The van der Waals surface area contributed by atoms with Gasteiger partial charge in [0.15, 0.2) is 5.65 Å². The minimum atomic E-state index is -0.340. The third-order valence-corrected chi connectivity index (χ3v) is 3.87. The van der Waals surface area contributed by atoms with Crippen LogP contribution in [-0.2, 0) is 0 Å². The number of aromatic amines is 1. The molecule has 2 aromatic heterocycles. The molecule has 0 bridgehead atoms. The number of aryl methyl sites for hydroxylation is 1. The number of halogens is 1. The maximum atomic E-state index is 13.1. The largest absolute Gasteiger partial charge is 0.281 e. The van der Waals surface area contributed by atoms with Crippen LogP contribution in [0, 0.1) is 12.7 Å². The number of benzene rings is 2. The van der Waals surface area contributed by atoms with Crippen molar-refractivity contribution in [1.29, 1.82) is 0 Å². The van der Waals surface area contributed by atoms with Gasteiger partial charge < -0.3 is 0 Å². The van der Waals surface area contributed by atoms with Crippen LogP contribution in [0.5, 0.6) is 0 Å². The summed E-state index contributed by atoms with van der Waals surface area (Å²) in [5.41, 5.74) is 2.65. The van der Waals surface area contributed by atoms with E-state index in [1.54, 1.807) is 12.1 Å². The van der Waals surface area contributed by atoms with Crippen molar-refractivity contribution < 1.29 is 4.39 Å². The van der Waals surface area contributed by atoms with Crippen molar-refractivity contribution in [3.63, 3.8) is 0 Å². The Kier molecular flexibility index (Phi) is 2.63. The third-order valence-electron chi connectivity index (χ3n) is 3.87. The molecule has 4 rings (SSSR count). The van der Waals surface area contributed by atoms with Gasteiger partial charge in [-0.25, -0.2) is 14.1 Å². The normalized spacial score (nSPS) is 11.4. The molecule has 0 aliphatic carbocycles. The molecule has 4 aromatic rings. The van der Waals surface area contributed by atoms with Crippen molar-refractivity contribution in [1.82, 2.24) is 14.8 Å². The maximum absolute atomic E-state index is 13.1. The molecule has 4 nitrogen and oxygen atoms in total. The lowest BCUT2D eigenvalue weighted by atomic mass is 10.1. The summed E-state index contributed by atoms with van der Waals surface area (Å²) in [6.45, 7) is 1.91. The highest BCUT2D eigenvalue weighted by Crippen LogP contribution is 2.22. The van der Waals surface area contributed by atoms with Crippen molar-refractivity contribution in [2.75, 3.05) is 0 Å². The smallest absolute Gasteiger partial charge is 0.274 e. The van der Waals surface area contributed by atoms with E-state index >= 15 is 0 Å². The molecule has 0 fully saturated rings. The van der Waals surface area contributed by atoms with Gasteiger partial charge in [0.2, 0.25) is 0 Å². The average Bonchev–Trinajstić information content (AvgIpc) is 2.85. The lowest BCUT2D eigenvalue weighted by Gasteiger charge is -2.00. The van der Waals surface area contributed by atoms with Gasteiger partial charge in [0.1, 0.15) is 5.82 Å². The highest BCUT2D eigenvalue weighted by atomic mass is 19.1. The third kappa shape index (κ3) is 1.75. The molecule has 22 heavy (non-hydrogen) atoms. The zero-order valence-corrected chi connectivity index (χ0v) is 11.8. The van der Waals surface area contributed by atoms with E-state index in [-0.39, 0.29) is 11.4 Å². The van der Waals surface area contributed by atoms with Gasteiger partial charge in [0, 0.05) is 5.39 Å².